The maximum absolute atomic E-state index is 11.9. The predicted molar refractivity (Wildman–Crippen MR) is 86.7 cm³/mol. The molecule has 0 aliphatic rings. The highest BCUT2D eigenvalue weighted by Crippen LogP contribution is 2.12. The van der Waals surface area contributed by atoms with Crippen LogP contribution in [0.25, 0.3) is 0 Å². The average molecular weight is 337 g/mol. The van der Waals surface area contributed by atoms with Gasteiger partial charge in [0.15, 0.2) is 6.61 Å². The van der Waals surface area contributed by atoms with Crippen LogP contribution in [0.15, 0.2) is 24.3 Å². The molecule has 0 bridgehead atoms. The molecule has 0 heterocycles. The van der Waals surface area contributed by atoms with Gasteiger partial charge >= 0.3 is 11.9 Å². The molecule has 0 radical (unpaired) electrons. The van der Waals surface area contributed by atoms with Gasteiger partial charge < -0.3 is 19.5 Å². The van der Waals surface area contributed by atoms with Crippen molar-refractivity contribution in [3.05, 3.63) is 29.8 Å². The molecule has 132 valence electrons. The molecule has 1 aromatic rings. The van der Waals surface area contributed by atoms with Crippen LogP contribution in [0.4, 0.5) is 0 Å². The van der Waals surface area contributed by atoms with E-state index in [1.165, 1.54) is 26.4 Å². The summed E-state index contributed by atoms with van der Waals surface area (Å²) in [6.07, 6.45) is 0.686. The molecule has 2 atom stereocenters. The molecule has 0 aromatic heterocycles. The molecule has 0 unspecified atom stereocenters. The summed E-state index contributed by atoms with van der Waals surface area (Å²) in [7, 11) is 2.78. The number of rotatable bonds is 8. The number of esters is 2. The largest absolute Gasteiger partial charge is 0.497 e. The highest BCUT2D eigenvalue weighted by molar-refractivity contribution is 5.92. The Morgan fingerprint density at radius 2 is 1.75 bits per heavy atom. The third-order valence-corrected chi connectivity index (χ3v) is 3.64. The molecule has 1 rings (SSSR count). The topological polar surface area (TPSA) is 90.9 Å². The molecule has 7 nitrogen and oxygen atoms in total. The standard InChI is InChI=1S/C17H23NO6/c1-5-11(2)15(17(21)23-4)18-14(19)10-24-16(20)12-6-8-13(22-3)9-7-12/h6-9,11,15H,5,10H2,1-4H3,(H,18,19)/t11-,15-/m0/s1. The number of hydrogen-bond acceptors (Lipinski definition) is 6. The number of carbonyl (C=O) groups is 3. The van der Waals surface area contributed by atoms with E-state index in [1.807, 2.05) is 13.8 Å². The average Bonchev–Trinajstić information content (AvgIpc) is 2.62. The molecule has 0 aliphatic carbocycles. The summed E-state index contributed by atoms with van der Waals surface area (Å²) in [6.45, 7) is 3.25. The highest BCUT2D eigenvalue weighted by Gasteiger charge is 2.27. The zero-order chi connectivity index (χ0) is 18.1. The van der Waals surface area contributed by atoms with Gasteiger partial charge in [0.05, 0.1) is 19.8 Å². The molecule has 1 amide bonds. The molecule has 0 fully saturated rings. The molecule has 0 saturated carbocycles. The van der Waals surface area contributed by atoms with Crippen molar-refractivity contribution in [3.8, 4) is 5.75 Å². The van der Waals surface area contributed by atoms with Crippen molar-refractivity contribution in [1.82, 2.24) is 5.32 Å². The fourth-order valence-corrected chi connectivity index (χ4v) is 1.95. The van der Waals surface area contributed by atoms with E-state index in [9.17, 15) is 14.4 Å². The van der Waals surface area contributed by atoms with Crippen molar-refractivity contribution in [1.29, 1.82) is 0 Å². The second-order valence-electron chi connectivity index (χ2n) is 5.26. The minimum Gasteiger partial charge on any atom is -0.497 e. The molecule has 0 saturated heterocycles. The summed E-state index contributed by atoms with van der Waals surface area (Å²) in [5.41, 5.74) is 0.301. The van der Waals surface area contributed by atoms with Crippen molar-refractivity contribution in [3.63, 3.8) is 0 Å². The van der Waals surface area contributed by atoms with Gasteiger partial charge in [-0.2, -0.15) is 0 Å². The first-order chi connectivity index (χ1) is 11.4. The van der Waals surface area contributed by atoms with Gasteiger partial charge in [-0.1, -0.05) is 20.3 Å². The Hall–Kier alpha value is -2.57. The van der Waals surface area contributed by atoms with E-state index >= 15 is 0 Å². The molecule has 1 N–H and O–H groups in total. The van der Waals surface area contributed by atoms with Gasteiger partial charge in [-0.25, -0.2) is 9.59 Å². The van der Waals surface area contributed by atoms with Crippen LogP contribution in [0.3, 0.4) is 0 Å². The first kappa shape index (κ1) is 19.5. The zero-order valence-corrected chi connectivity index (χ0v) is 14.3. The van der Waals surface area contributed by atoms with Crippen LogP contribution >= 0.6 is 0 Å². The lowest BCUT2D eigenvalue weighted by molar-refractivity contribution is -0.147. The van der Waals surface area contributed by atoms with E-state index in [1.54, 1.807) is 12.1 Å². The normalized spacial score (nSPS) is 12.7. The van der Waals surface area contributed by atoms with Gasteiger partial charge in [0.25, 0.3) is 5.91 Å². The Morgan fingerprint density at radius 3 is 2.25 bits per heavy atom. The maximum atomic E-state index is 11.9. The highest BCUT2D eigenvalue weighted by atomic mass is 16.5. The fraction of sp³-hybridized carbons (Fsp3) is 0.471. The minimum absolute atomic E-state index is 0.0984. The van der Waals surface area contributed by atoms with E-state index in [0.717, 1.165) is 0 Å². The molecule has 0 spiro atoms. The number of ether oxygens (including phenoxy) is 3. The summed E-state index contributed by atoms with van der Waals surface area (Å²) >= 11 is 0. The predicted octanol–water partition coefficient (Wildman–Crippen LogP) is 1.56. The SMILES string of the molecule is CC[C@H](C)[C@H](NC(=O)COC(=O)c1ccc(OC)cc1)C(=O)OC. The fourth-order valence-electron chi connectivity index (χ4n) is 1.95. The number of methoxy groups -OCH3 is 2. The Balaban J connectivity index is 2.57. The van der Waals surface area contributed by atoms with E-state index in [4.69, 9.17) is 9.47 Å². The number of carbonyl (C=O) groups excluding carboxylic acids is 3. The third kappa shape index (κ3) is 5.57. The molecule has 1 aromatic carbocycles. The summed E-state index contributed by atoms with van der Waals surface area (Å²) in [5.74, 6) is -1.21. The van der Waals surface area contributed by atoms with Crippen molar-refractivity contribution >= 4 is 17.8 Å². The smallest absolute Gasteiger partial charge is 0.338 e. The van der Waals surface area contributed by atoms with E-state index in [-0.39, 0.29) is 5.92 Å². The second-order valence-corrected chi connectivity index (χ2v) is 5.26. The summed E-state index contributed by atoms with van der Waals surface area (Å²) in [5, 5.41) is 2.53. The first-order valence-electron chi connectivity index (χ1n) is 7.61. The summed E-state index contributed by atoms with van der Waals surface area (Å²) in [6, 6.07) is 5.54. The Kier molecular flexibility index (Phi) is 7.74. The molecule has 24 heavy (non-hydrogen) atoms. The van der Waals surface area contributed by atoms with Crippen LogP contribution < -0.4 is 10.1 Å². The van der Waals surface area contributed by atoms with Crippen molar-refractivity contribution in [2.75, 3.05) is 20.8 Å². The lowest BCUT2D eigenvalue weighted by Crippen LogP contribution is -2.47. The Labute approximate surface area is 141 Å². The van der Waals surface area contributed by atoms with Crippen LogP contribution in [0.2, 0.25) is 0 Å². The third-order valence-electron chi connectivity index (χ3n) is 3.64. The van der Waals surface area contributed by atoms with Crippen LogP contribution in [0, 0.1) is 5.92 Å². The summed E-state index contributed by atoms with van der Waals surface area (Å²) < 4.78 is 14.6. The first-order valence-corrected chi connectivity index (χ1v) is 7.61. The van der Waals surface area contributed by atoms with Crippen LogP contribution in [-0.4, -0.2) is 44.7 Å². The maximum Gasteiger partial charge on any atom is 0.338 e. The van der Waals surface area contributed by atoms with Crippen LogP contribution in [-0.2, 0) is 19.1 Å². The second kappa shape index (κ2) is 9.54. The number of amides is 1. The Bertz CT molecular complexity index is 569. The minimum atomic E-state index is -0.771. The zero-order valence-electron chi connectivity index (χ0n) is 14.3. The van der Waals surface area contributed by atoms with Gasteiger partial charge in [-0.05, 0) is 30.2 Å². The van der Waals surface area contributed by atoms with Crippen molar-refractivity contribution in [2.24, 2.45) is 5.92 Å². The lowest BCUT2D eigenvalue weighted by atomic mass is 9.99. The number of hydrogen-bond donors (Lipinski definition) is 1. The molecular weight excluding hydrogens is 314 g/mol. The summed E-state index contributed by atoms with van der Waals surface area (Å²) in [4.78, 5) is 35.5. The van der Waals surface area contributed by atoms with Crippen LogP contribution in [0.1, 0.15) is 30.6 Å². The Morgan fingerprint density at radius 1 is 1.12 bits per heavy atom. The lowest BCUT2D eigenvalue weighted by Gasteiger charge is -2.21. The van der Waals surface area contributed by atoms with Crippen LogP contribution in [0.5, 0.6) is 5.75 Å². The molecular formula is C17H23NO6. The van der Waals surface area contributed by atoms with E-state index in [0.29, 0.717) is 17.7 Å². The molecule has 7 heteroatoms. The quantitative estimate of drug-likeness (QED) is 0.724. The monoisotopic (exact) mass is 337 g/mol. The number of nitrogens with one attached hydrogen (secondary N) is 1. The van der Waals surface area contributed by atoms with Crippen molar-refractivity contribution < 1.29 is 28.6 Å². The van der Waals surface area contributed by atoms with Gasteiger partial charge in [0.1, 0.15) is 11.8 Å². The van der Waals surface area contributed by atoms with Gasteiger partial charge in [0, 0.05) is 0 Å². The van der Waals surface area contributed by atoms with Gasteiger partial charge in [-0.3, -0.25) is 4.79 Å². The van der Waals surface area contributed by atoms with E-state index in [2.05, 4.69) is 10.1 Å². The van der Waals surface area contributed by atoms with Gasteiger partial charge in [-0.15, -0.1) is 0 Å². The van der Waals surface area contributed by atoms with Gasteiger partial charge in [0.2, 0.25) is 0 Å². The number of benzene rings is 1. The molecule has 0 aliphatic heterocycles. The van der Waals surface area contributed by atoms with Crippen molar-refractivity contribution in [2.45, 2.75) is 26.3 Å². The van der Waals surface area contributed by atoms with E-state index < -0.39 is 30.5 Å².